The first-order chi connectivity index (χ1) is 8.19. The molecule has 1 aromatic carbocycles. The van der Waals surface area contributed by atoms with Crippen LogP contribution in [0.1, 0.15) is 21.6 Å². The van der Waals surface area contributed by atoms with E-state index in [2.05, 4.69) is 10.3 Å². The van der Waals surface area contributed by atoms with Crippen LogP contribution < -0.4 is 0 Å². The number of hydrogen-bond donors (Lipinski definition) is 1. The van der Waals surface area contributed by atoms with Gasteiger partial charge in [-0.15, -0.1) is 5.10 Å². The second-order valence-electron chi connectivity index (χ2n) is 3.85. The predicted octanol–water partition coefficient (Wildman–Crippen LogP) is 0.962. The zero-order chi connectivity index (χ0) is 12.3. The van der Waals surface area contributed by atoms with E-state index < -0.39 is 0 Å². The molecule has 0 bridgehead atoms. The van der Waals surface area contributed by atoms with Crippen molar-refractivity contribution in [3.63, 3.8) is 0 Å². The number of carbonyl (C=O) groups is 1. The van der Waals surface area contributed by atoms with Crippen LogP contribution in [0, 0.1) is 6.92 Å². The highest BCUT2D eigenvalue weighted by Gasteiger charge is 2.08. The monoisotopic (exact) mass is 231 g/mol. The Bertz CT molecular complexity index is 517. The summed E-state index contributed by atoms with van der Waals surface area (Å²) in [6, 6.07) is 7.38. The minimum absolute atomic E-state index is 0.0283. The summed E-state index contributed by atoms with van der Waals surface area (Å²) in [6.45, 7) is 1.94. The fourth-order valence-corrected chi connectivity index (χ4v) is 1.47. The highest BCUT2D eigenvalue weighted by Crippen LogP contribution is 2.05. The summed E-state index contributed by atoms with van der Waals surface area (Å²) in [7, 11) is 0. The van der Waals surface area contributed by atoms with E-state index >= 15 is 0 Å². The lowest BCUT2D eigenvalue weighted by Crippen LogP contribution is -2.11. The third-order valence-electron chi connectivity index (χ3n) is 2.43. The van der Waals surface area contributed by atoms with E-state index in [1.165, 1.54) is 4.68 Å². The van der Waals surface area contributed by atoms with Crippen LogP contribution in [0.4, 0.5) is 0 Å². The molecule has 5 heteroatoms. The maximum Gasteiger partial charge on any atom is 0.184 e. The molecule has 0 aliphatic carbocycles. The summed E-state index contributed by atoms with van der Waals surface area (Å²) >= 11 is 0. The van der Waals surface area contributed by atoms with Gasteiger partial charge in [-0.05, 0) is 6.92 Å². The van der Waals surface area contributed by atoms with Gasteiger partial charge in [-0.1, -0.05) is 35.0 Å². The molecule has 0 amide bonds. The first-order valence-corrected chi connectivity index (χ1v) is 5.29. The van der Waals surface area contributed by atoms with Gasteiger partial charge in [-0.3, -0.25) is 4.79 Å². The van der Waals surface area contributed by atoms with Crippen molar-refractivity contribution in [1.82, 2.24) is 15.0 Å². The van der Waals surface area contributed by atoms with Gasteiger partial charge < -0.3 is 5.11 Å². The second kappa shape index (κ2) is 4.88. The number of rotatable bonds is 4. The average Bonchev–Trinajstić information content (AvgIpc) is 2.77. The Hall–Kier alpha value is -2.01. The number of aliphatic hydroxyl groups excluding tert-OH is 1. The Kier molecular flexibility index (Phi) is 3.30. The molecule has 0 spiro atoms. The van der Waals surface area contributed by atoms with E-state index in [0.717, 1.165) is 5.56 Å². The molecule has 0 fully saturated rings. The summed E-state index contributed by atoms with van der Waals surface area (Å²) in [6.07, 6.45) is 1.56. The van der Waals surface area contributed by atoms with Crippen LogP contribution in [0.15, 0.2) is 30.5 Å². The Morgan fingerprint density at radius 2 is 2.06 bits per heavy atom. The van der Waals surface area contributed by atoms with Gasteiger partial charge >= 0.3 is 0 Å². The molecular weight excluding hydrogens is 218 g/mol. The number of ketones is 1. The van der Waals surface area contributed by atoms with E-state index in [0.29, 0.717) is 11.3 Å². The van der Waals surface area contributed by atoms with Gasteiger partial charge in [-0.2, -0.15) is 0 Å². The van der Waals surface area contributed by atoms with Gasteiger partial charge in [0.1, 0.15) is 12.2 Å². The molecule has 17 heavy (non-hydrogen) atoms. The van der Waals surface area contributed by atoms with E-state index in [4.69, 9.17) is 5.11 Å². The van der Waals surface area contributed by atoms with Crippen molar-refractivity contribution in [2.45, 2.75) is 20.1 Å². The largest absolute Gasteiger partial charge is 0.390 e. The fourth-order valence-electron chi connectivity index (χ4n) is 1.47. The van der Waals surface area contributed by atoms with Crippen LogP contribution in [0.5, 0.6) is 0 Å². The lowest BCUT2D eigenvalue weighted by Gasteiger charge is -2.01. The summed E-state index contributed by atoms with van der Waals surface area (Å²) in [5.74, 6) is -0.0283. The Morgan fingerprint density at radius 3 is 2.65 bits per heavy atom. The van der Waals surface area contributed by atoms with Gasteiger partial charge in [0.15, 0.2) is 5.78 Å². The van der Waals surface area contributed by atoms with Crippen LogP contribution in [-0.4, -0.2) is 25.9 Å². The molecule has 0 atom stereocenters. The zero-order valence-corrected chi connectivity index (χ0v) is 9.50. The first kappa shape index (κ1) is 11.5. The van der Waals surface area contributed by atoms with Crippen LogP contribution in [-0.2, 0) is 13.2 Å². The molecule has 2 aromatic rings. The number of aromatic nitrogens is 3. The molecule has 5 nitrogen and oxygen atoms in total. The molecule has 88 valence electrons. The van der Waals surface area contributed by atoms with Crippen LogP contribution in [0.3, 0.4) is 0 Å². The van der Waals surface area contributed by atoms with Gasteiger partial charge in [0.25, 0.3) is 0 Å². The number of nitrogens with zero attached hydrogens (tertiary/aromatic N) is 3. The molecule has 1 N–H and O–H groups in total. The Balaban J connectivity index is 2.08. The third-order valence-corrected chi connectivity index (χ3v) is 2.43. The molecule has 0 unspecified atom stereocenters. The Morgan fingerprint density at radius 1 is 1.35 bits per heavy atom. The molecular formula is C12H13N3O2. The van der Waals surface area contributed by atoms with Crippen molar-refractivity contribution in [1.29, 1.82) is 0 Å². The third kappa shape index (κ3) is 2.76. The molecule has 2 rings (SSSR count). The lowest BCUT2D eigenvalue weighted by molar-refractivity contribution is 0.0967. The molecule has 0 radical (unpaired) electrons. The lowest BCUT2D eigenvalue weighted by atomic mass is 10.1. The van der Waals surface area contributed by atoms with Crippen molar-refractivity contribution in [2.75, 3.05) is 0 Å². The maximum atomic E-state index is 11.9. The van der Waals surface area contributed by atoms with E-state index in [9.17, 15) is 4.79 Å². The highest BCUT2D eigenvalue weighted by molar-refractivity contribution is 5.95. The van der Waals surface area contributed by atoms with Crippen molar-refractivity contribution in [3.8, 4) is 0 Å². The average molecular weight is 231 g/mol. The zero-order valence-electron chi connectivity index (χ0n) is 9.50. The molecule has 0 saturated heterocycles. The molecule has 0 aliphatic heterocycles. The predicted molar refractivity (Wildman–Crippen MR) is 61.5 cm³/mol. The van der Waals surface area contributed by atoms with Crippen molar-refractivity contribution in [3.05, 3.63) is 47.3 Å². The van der Waals surface area contributed by atoms with Crippen molar-refractivity contribution < 1.29 is 9.90 Å². The number of hydrogen-bond acceptors (Lipinski definition) is 4. The molecule has 0 saturated carbocycles. The topological polar surface area (TPSA) is 68.0 Å². The smallest absolute Gasteiger partial charge is 0.184 e. The molecule has 1 heterocycles. The van der Waals surface area contributed by atoms with Gasteiger partial charge in [-0.25, -0.2) is 4.68 Å². The Labute approximate surface area is 98.7 Å². The number of aryl methyl sites for hydroxylation is 1. The minimum Gasteiger partial charge on any atom is -0.390 e. The quantitative estimate of drug-likeness (QED) is 0.796. The van der Waals surface area contributed by atoms with Crippen molar-refractivity contribution >= 4 is 5.78 Å². The maximum absolute atomic E-state index is 11.9. The highest BCUT2D eigenvalue weighted by atomic mass is 16.3. The van der Waals surface area contributed by atoms with E-state index in [-0.39, 0.29) is 18.9 Å². The van der Waals surface area contributed by atoms with Crippen molar-refractivity contribution in [2.24, 2.45) is 0 Å². The minimum atomic E-state index is -0.168. The van der Waals surface area contributed by atoms with Gasteiger partial charge in [0.05, 0.1) is 12.8 Å². The fraction of sp³-hybridized carbons (Fsp3) is 0.250. The van der Waals surface area contributed by atoms with E-state index in [1.54, 1.807) is 18.3 Å². The van der Waals surface area contributed by atoms with E-state index in [1.807, 2.05) is 19.1 Å². The summed E-state index contributed by atoms with van der Waals surface area (Å²) < 4.78 is 1.42. The van der Waals surface area contributed by atoms with Crippen LogP contribution >= 0.6 is 0 Å². The number of carbonyl (C=O) groups excluding carboxylic acids is 1. The van der Waals surface area contributed by atoms with Crippen LogP contribution in [0.2, 0.25) is 0 Å². The van der Waals surface area contributed by atoms with Gasteiger partial charge in [0, 0.05) is 5.56 Å². The molecule has 0 aliphatic rings. The number of Topliss-reactive ketones (excluding diaryl/α,β-unsaturated/α-hetero) is 1. The normalized spacial score (nSPS) is 10.5. The summed E-state index contributed by atoms with van der Waals surface area (Å²) in [5, 5.41) is 16.3. The number of aliphatic hydroxyl groups is 1. The second-order valence-corrected chi connectivity index (χ2v) is 3.85. The van der Waals surface area contributed by atoms with Gasteiger partial charge in [0.2, 0.25) is 0 Å². The summed E-state index contributed by atoms with van der Waals surface area (Å²) in [4.78, 5) is 11.9. The first-order valence-electron chi connectivity index (χ1n) is 5.29. The standard InChI is InChI=1S/C12H13N3O2/c1-9-2-4-10(5-3-9)12(17)7-15-6-11(8-16)13-14-15/h2-6,16H,7-8H2,1H3. The van der Waals surface area contributed by atoms with Crippen LogP contribution in [0.25, 0.3) is 0 Å². The molecule has 1 aromatic heterocycles. The SMILES string of the molecule is Cc1ccc(C(=O)Cn2cc(CO)nn2)cc1. The number of benzene rings is 1. The summed E-state index contributed by atoms with van der Waals surface area (Å²) in [5.41, 5.74) is 2.23.